The molecule has 0 atom stereocenters. The first-order chi connectivity index (χ1) is 12.7. The lowest BCUT2D eigenvalue weighted by atomic mass is 9.99. The van der Waals surface area contributed by atoms with Crippen LogP contribution >= 0.6 is 23.2 Å². The van der Waals surface area contributed by atoms with E-state index < -0.39 is 5.91 Å². The number of amides is 1. The van der Waals surface area contributed by atoms with Crippen molar-refractivity contribution in [3.8, 4) is 0 Å². The molecule has 0 unspecified atom stereocenters. The number of ether oxygens (including phenoxy) is 1. The van der Waals surface area contributed by atoms with Gasteiger partial charge in [0.1, 0.15) is 0 Å². The van der Waals surface area contributed by atoms with Gasteiger partial charge in [-0.1, -0.05) is 56.1 Å². The molecule has 0 spiro atoms. The van der Waals surface area contributed by atoms with E-state index in [0.717, 1.165) is 5.56 Å². The highest BCUT2D eigenvalue weighted by Gasteiger charge is 2.16. The predicted molar refractivity (Wildman–Crippen MR) is 107 cm³/mol. The van der Waals surface area contributed by atoms with Gasteiger partial charge in [0.2, 0.25) is 0 Å². The molecule has 144 valence electrons. The zero-order chi connectivity index (χ0) is 20.0. The van der Waals surface area contributed by atoms with E-state index in [2.05, 4.69) is 10.3 Å². The highest BCUT2D eigenvalue weighted by Crippen LogP contribution is 2.24. The highest BCUT2D eigenvalue weighted by atomic mass is 35.5. The van der Waals surface area contributed by atoms with Crippen LogP contribution in [0, 0.1) is 5.41 Å². The molecule has 1 aromatic carbocycles. The summed E-state index contributed by atoms with van der Waals surface area (Å²) in [6, 6.07) is 7.22. The van der Waals surface area contributed by atoms with Gasteiger partial charge in [0, 0.05) is 24.5 Å². The first-order valence-electron chi connectivity index (χ1n) is 8.50. The molecule has 7 heteroatoms. The number of nitrogens with one attached hydrogen (secondary N) is 1. The van der Waals surface area contributed by atoms with Crippen molar-refractivity contribution < 1.29 is 14.3 Å². The maximum Gasteiger partial charge on any atom is 0.306 e. The smallest absolute Gasteiger partial charge is 0.306 e. The summed E-state index contributed by atoms with van der Waals surface area (Å²) in [4.78, 5) is 28.0. The number of pyridine rings is 1. The minimum Gasteiger partial charge on any atom is -0.465 e. The molecule has 0 bridgehead atoms. The van der Waals surface area contributed by atoms with E-state index in [4.69, 9.17) is 27.9 Å². The van der Waals surface area contributed by atoms with E-state index in [1.807, 2.05) is 32.9 Å². The summed E-state index contributed by atoms with van der Waals surface area (Å²) in [6.45, 7) is 6.44. The second-order valence-corrected chi connectivity index (χ2v) is 8.16. The summed E-state index contributed by atoms with van der Waals surface area (Å²) in [5, 5.41) is 3.11. The molecule has 1 heterocycles. The third-order valence-electron chi connectivity index (χ3n) is 3.58. The Morgan fingerprint density at radius 2 is 1.67 bits per heavy atom. The van der Waals surface area contributed by atoms with Gasteiger partial charge in [-0.25, -0.2) is 0 Å². The molecule has 0 radical (unpaired) electrons. The zero-order valence-corrected chi connectivity index (χ0v) is 17.0. The van der Waals surface area contributed by atoms with Crippen molar-refractivity contribution >= 4 is 40.8 Å². The van der Waals surface area contributed by atoms with Gasteiger partial charge >= 0.3 is 5.97 Å². The van der Waals surface area contributed by atoms with Gasteiger partial charge in [0.25, 0.3) is 5.91 Å². The van der Waals surface area contributed by atoms with Crippen LogP contribution in [-0.4, -0.2) is 23.5 Å². The molecule has 2 aromatic rings. The third-order valence-corrected chi connectivity index (χ3v) is 4.15. The SMILES string of the molecule is CC(C)(C)COC(=O)CCc1ccc(NC(=O)c2c(Cl)cncc2Cl)cc1. The van der Waals surface area contributed by atoms with Gasteiger partial charge in [-0.15, -0.1) is 0 Å². The van der Waals surface area contributed by atoms with Crippen LogP contribution in [0.5, 0.6) is 0 Å². The molecule has 2 rings (SSSR count). The van der Waals surface area contributed by atoms with Crippen molar-refractivity contribution in [2.24, 2.45) is 5.41 Å². The van der Waals surface area contributed by atoms with Crippen molar-refractivity contribution in [3.63, 3.8) is 0 Å². The van der Waals surface area contributed by atoms with Crippen molar-refractivity contribution in [3.05, 3.63) is 57.8 Å². The van der Waals surface area contributed by atoms with E-state index in [-0.39, 0.29) is 27.0 Å². The quantitative estimate of drug-likeness (QED) is 0.669. The lowest BCUT2D eigenvalue weighted by Gasteiger charge is -2.17. The average molecular weight is 409 g/mol. The summed E-state index contributed by atoms with van der Waals surface area (Å²) in [7, 11) is 0. The first kappa shape index (κ1) is 21.2. The van der Waals surface area contributed by atoms with Gasteiger partial charge < -0.3 is 10.1 Å². The number of rotatable bonds is 6. The molecular weight excluding hydrogens is 387 g/mol. The standard InChI is InChI=1S/C20H22Cl2N2O3/c1-20(2,3)12-27-17(25)9-6-13-4-7-14(8-5-13)24-19(26)18-15(21)10-23-11-16(18)22/h4-5,7-8,10-11H,6,9,12H2,1-3H3,(H,24,26). The van der Waals surface area contributed by atoms with Gasteiger partial charge in [0.15, 0.2) is 0 Å². The number of benzene rings is 1. The second-order valence-electron chi connectivity index (χ2n) is 7.35. The predicted octanol–water partition coefficient (Wildman–Crippen LogP) is 5.16. The van der Waals surface area contributed by atoms with Crippen molar-refractivity contribution in [2.75, 3.05) is 11.9 Å². The number of nitrogens with zero attached hydrogens (tertiary/aromatic N) is 1. The minimum atomic E-state index is -0.411. The average Bonchev–Trinajstić information content (AvgIpc) is 2.58. The number of esters is 1. The fourth-order valence-corrected chi connectivity index (χ4v) is 2.73. The lowest BCUT2D eigenvalue weighted by Crippen LogP contribution is -2.18. The van der Waals surface area contributed by atoms with Gasteiger partial charge in [-0.05, 0) is 29.5 Å². The Bertz CT molecular complexity index is 795. The topological polar surface area (TPSA) is 68.3 Å². The Balaban J connectivity index is 1.90. The van der Waals surface area contributed by atoms with Crippen LogP contribution in [0.1, 0.15) is 43.1 Å². The number of hydrogen-bond acceptors (Lipinski definition) is 4. The molecule has 1 aromatic heterocycles. The van der Waals surface area contributed by atoms with Gasteiger partial charge in [-0.2, -0.15) is 0 Å². The van der Waals surface area contributed by atoms with Crippen molar-refractivity contribution in [1.29, 1.82) is 0 Å². The maximum atomic E-state index is 12.3. The van der Waals surface area contributed by atoms with Crippen molar-refractivity contribution in [1.82, 2.24) is 4.98 Å². The first-order valence-corrected chi connectivity index (χ1v) is 9.26. The van der Waals surface area contributed by atoms with Crippen molar-refractivity contribution in [2.45, 2.75) is 33.6 Å². The summed E-state index contributed by atoms with van der Waals surface area (Å²) in [5.74, 6) is -0.629. The van der Waals surface area contributed by atoms with Crippen LogP contribution in [0.2, 0.25) is 10.0 Å². The normalized spacial score (nSPS) is 11.1. The Morgan fingerprint density at radius 1 is 1.07 bits per heavy atom. The van der Waals surface area contributed by atoms with E-state index >= 15 is 0 Å². The molecular formula is C20H22Cl2N2O3. The van der Waals surface area contributed by atoms with Gasteiger partial charge in [0.05, 0.1) is 22.2 Å². The van der Waals surface area contributed by atoms with Gasteiger partial charge in [-0.3, -0.25) is 14.6 Å². The number of anilines is 1. The summed E-state index contributed by atoms with van der Waals surface area (Å²) >= 11 is 12.0. The number of halogens is 2. The molecule has 1 N–H and O–H groups in total. The van der Waals surface area contributed by atoms with E-state index in [1.54, 1.807) is 12.1 Å². The van der Waals surface area contributed by atoms with Crippen LogP contribution in [0.25, 0.3) is 0 Å². The fourth-order valence-electron chi connectivity index (χ4n) is 2.19. The van der Waals surface area contributed by atoms with E-state index in [0.29, 0.717) is 25.1 Å². The van der Waals surface area contributed by atoms with Crippen LogP contribution in [0.15, 0.2) is 36.7 Å². The Kier molecular flexibility index (Phi) is 7.22. The molecule has 0 aliphatic rings. The molecule has 0 saturated carbocycles. The van der Waals surface area contributed by atoms with Crippen LogP contribution in [0.4, 0.5) is 5.69 Å². The lowest BCUT2D eigenvalue weighted by molar-refractivity contribution is -0.146. The van der Waals surface area contributed by atoms with Crippen LogP contribution < -0.4 is 5.32 Å². The van der Waals surface area contributed by atoms with Crippen LogP contribution in [-0.2, 0) is 16.0 Å². The number of hydrogen-bond donors (Lipinski definition) is 1. The molecule has 1 amide bonds. The number of carbonyl (C=O) groups excluding carboxylic acids is 2. The molecule has 0 saturated heterocycles. The largest absolute Gasteiger partial charge is 0.465 e. The molecule has 0 fully saturated rings. The number of carbonyl (C=O) groups is 2. The Morgan fingerprint density at radius 3 is 2.22 bits per heavy atom. The third kappa shape index (κ3) is 6.85. The summed E-state index contributed by atoms with van der Waals surface area (Å²) < 4.78 is 5.25. The molecule has 0 aliphatic carbocycles. The highest BCUT2D eigenvalue weighted by molar-refractivity contribution is 6.40. The molecule has 0 aliphatic heterocycles. The summed E-state index contributed by atoms with van der Waals surface area (Å²) in [5.41, 5.74) is 1.71. The minimum absolute atomic E-state index is 0.0455. The summed E-state index contributed by atoms with van der Waals surface area (Å²) in [6.07, 6.45) is 3.61. The Labute approximate surface area is 169 Å². The monoisotopic (exact) mass is 408 g/mol. The second kappa shape index (κ2) is 9.20. The molecule has 5 nitrogen and oxygen atoms in total. The van der Waals surface area contributed by atoms with E-state index in [1.165, 1.54) is 12.4 Å². The number of aryl methyl sites for hydroxylation is 1. The maximum absolute atomic E-state index is 12.3. The number of aromatic nitrogens is 1. The van der Waals surface area contributed by atoms with Crippen LogP contribution in [0.3, 0.4) is 0 Å². The fraction of sp³-hybridized carbons (Fsp3) is 0.350. The Hall–Kier alpha value is -2.11. The zero-order valence-electron chi connectivity index (χ0n) is 15.5. The molecule has 27 heavy (non-hydrogen) atoms. The van der Waals surface area contributed by atoms with E-state index in [9.17, 15) is 9.59 Å².